The number of nitrogens with zero attached hydrogens (tertiary/aromatic N) is 2. The van der Waals surface area contributed by atoms with Gasteiger partial charge >= 0.3 is 0 Å². The third-order valence-corrected chi connectivity index (χ3v) is 2.21. The number of nitrogen functional groups attached to an aromatic ring is 1. The van der Waals surface area contributed by atoms with Crippen LogP contribution >= 0.6 is 0 Å². The van der Waals surface area contributed by atoms with E-state index in [0.717, 1.165) is 11.4 Å². The van der Waals surface area contributed by atoms with Crippen LogP contribution in [0.25, 0.3) is 0 Å². The van der Waals surface area contributed by atoms with Gasteiger partial charge in [-0.15, -0.1) is 0 Å². The molecule has 0 unspecified atom stereocenters. The molecule has 0 aliphatic carbocycles. The number of benzene rings is 1. The molecule has 16 heavy (non-hydrogen) atoms. The Labute approximate surface area is 92.9 Å². The standard InChI is InChI=1S/C11H11N5/c12-4-8-1-2-10(13)11(3-8)15-6-9-5-14-7-16-9/h1-3,5,7,15H,6,13H2,(H,14,16). The molecular formula is C11H11N5. The lowest BCUT2D eigenvalue weighted by molar-refractivity contribution is 1.07. The van der Waals surface area contributed by atoms with Gasteiger partial charge in [0.15, 0.2) is 0 Å². The van der Waals surface area contributed by atoms with Gasteiger partial charge in [-0.05, 0) is 18.2 Å². The number of hydrogen-bond acceptors (Lipinski definition) is 4. The molecule has 0 atom stereocenters. The van der Waals surface area contributed by atoms with Crippen LogP contribution in [0.3, 0.4) is 0 Å². The van der Waals surface area contributed by atoms with Crippen LogP contribution < -0.4 is 11.1 Å². The van der Waals surface area contributed by atoms with Gasteiger partial charge in [0.25, 0.3) is 0 Å². The summed E-state index contributed by atoms with van der Waals surface area (Å²) in [5.41, 5.74) is 8.71. The molecule has 0 radical (unpaired) electrons. The van der Waals surface area contributed by atoms with Gasteiger partial charge in [-0.3, -0.25) is 0 Å². The first-order chi connectivity index (χ1) is 7.79. The molecule has 0 fully saturated rings. The number of imidazole rings is 1. The molecule has 0 spiro atoms. The summed E-state index contributed by atoms with van der Waals surface area (Å²) >= 11 is 0. The minimum Gasteiger partial charge on any atom is -0.397 e. The van der Waals surface area contributed by atoms with Gasteiger partial charge in [0.2, 0.25) is 0 Å². The quantitative estimate of drug-likeness (QED) is 0.673. The first-order valence-corrected chi connectivity index (χ1v) is 4.80. The Hall–Kier alpha value is -2.48. The number of nitrogens with two attached hydrogens (primary N) is 1. The highest BCUT2D eigenvalue weighted by molar-refractivity contribution is 5.68. The first kappa shape index (κ1) is 10.1. The monoisotopic (exact) mass is 213 g/mol. The number of rotatable bonds is 3. The molecule has 5 heteroatoms. The number of anilines is 2. The van der Waals surface area contributed by atoms with Gasteiger partial charge in [-0.2, -0.15) is 5.26 Å². The maximum atomic E-state index is 8.77. The van der Waals surface area contributed by atoms with Crippen LogP contribution in [0.2, 0.25) is 0 Å². The van der Waals surface area contributed by atoms with Crippen molar-refractivity contribution in [3.05, 3.63) is 42.0 Å². The lowest BCUT2D eigenvalue weighted by Gasteiger charge is -2.08. The summed E-state index contributed by atoms with van der Waals surface area (Å²) in [5.74, 6) is 0. The molecule has 0 aliphatic rings. The van der Waals surface area contributed by atoms with Gasteiger partial charge < -0.3 is 16.0 Å². The molecule has 0 amide bonds. The minimum atomic E-state index is 0.585. The van der Waals surface area contributed by atoms with E-state index in [0.29, 0.717) is 17.8 Å². The largest absolute Gasteiger partial charge is 0.397 e. The van der Waals surface area contributed by atoms with Crippen molar-refractivity contribution >= 4 is 11.4 Å². The second kappa shape index (κ2) is 4.36. The highest BCUT2D eigenvalue weighted by atomic mass is 14.9. The van der Waals surface area contributed by atoms with Crippen molar-refractivity contribution in [1.29, 1.82) is 5.26 Å². The fourth-order valence-corrected chi connectivity index (χ4v) is 1.35. The third kappa shape index (κ3) is 2.12. The molecule has 4 N–H and O–H groups in total. The Morgan fingerprint density at radius 3 is 3.06 bits per heavy atom. The Morgan fingerprint density at radius 1 is 1.50 bits per heavy atom. The summed E-state index contributed by atoms with van der Waals surface area (Å²) in [4.78, 5) is 6.89. The van der Waals surface area contributed by atoms with Crippen LogP contribution in [0.1, 0.15) is 11.3 Å². The second-order valence-electron chi connectivity index (χ2n) is 3.34. The van der Waals surface area contributed by atoms with Crippen LogP contribution in [0, 0.1) is 11.3 Å². The number of aromatic amines is 1. The van der Waals surface area contributed by atoms with Crippen LogP contribution in [-0.4, -0.2) is 9.97 Å². The number of nitriles is 1. The molecule has 80 valence electrons. The number of H-pyrrole nitrogens is 1. The highest BCUT2D eigenvalue weighted by Crippen LogP contribution is 2.20. The normalized spacial score (nSPS) is 9.69. The zero-order chi connectivity index (χ0) is 11.4. The van der Waals surface area contributed by atoms with E-state index in [1.165, 1.54) is 0 Å². The number of hydrogen-bond donors (Lipinski definition) is 3. The van der Waals surface area contributed by atoms with Crippen molar-refractivity contribution in [3.63, 3.8) is 0 Å². The molecule has 0 saturated carbocycles. The Morgan fingerprint density at radius 2 is 2.38 bits per heavy atom. The van der Waals surface area contributed by atoms with E-state index < -0.39 is 0 Å². The highest BCUT2D eigenvalue weighted by Gasteiger charge is 2.01. The predicted octanol–water partition coefficient (Wildman–Crippen LogP) is 1.48. The van der Waals surface area contributed by atoms with E-state index in [1.807, 2.05) is 0 Å². The van der Waals surface area contributed by atoms with Crippen LogP contribution in [0.15, 0.2) is 30.7 Å². The molecule has 1 aromatic heterocycles. The van der Waals surface area contributed by atoms with Crippen molar-refractivity contribution < 1.29 is 0 Å². The maximum Gasteiger partial charge on any atom is 0.0992 e. The first-order valence-electron chi connectivity index (χ1n) is 4.80. The predicted molar refractivity (Wildman–Crippen MR) is 61.5 cm³/mol. The van der Waals surface area contributed by atoms with Gasteiger partial charge in [0.05, 0.1) is 41.6 Å². The molecule has 2 rings (SSSR count). The van der Waals surface area contributed by atoms with Crippen molar-refractivity contribution in [2.75, 3.05) is 11.1 Å². The zero-order valence-corrected chi connectivity index (χ0v) is 8.57. The fourth-order valence-electron chi connectivity index (χ4n) is 1.35. The van der Waals surface area contributed by atoms with Crippen molar-refractivity contribution in [3.8, 4) is 6.07 Å². The zero-order valence-electron chi connectivity index (χ0n) is 8.57. The molecule has 1 aromatic carbocycles. The van der Waals surface area contributed by atoms with Gasteiger partial charge in [0.1, 0.15) is 0 Å². The third-order valence-electron chi connectivity index (χ3n) is 2.21. The molecule has 0 saturated heterocycles. The summed E-state index contributed by atoms with van der Waals surface area (Å²) in [6, 6.07) is 7.21. The van der Waals surface area contributed by atoms with Crippen molar-refractivity contribution in [2.24, 2.45) is 0 Å². The minimum absolute atomic E-state index is 0.585. The van der Waals surface area contributed by atoms with Crippen molar-refractivity contribution in [2.45, 2.75) is 6.54 Å². The lowest BCUT2D eigenvalue weighted by Crippen LogP contribution is -2.03. The molecule has 1 heterocycles. The smallest absolute Gasteiger partial charge is 0.0992 e. The summed E-state index contributed by atoms with van der Waals surface area (Å²) in [6.45, 7) is 0.596. The van der Waals surface area contributed by atoms with Gasteiger partial charge in [0, 0.05) is 6.20 Å². The average molecular weight is 213 g/mol. The number of aromatic nitrogens is 2. The van der Waals surface area contributed by atoms with E-state index in [4.69, 9.17) is 11.0 Å². The van der Waals surface area contributed by atoms with E-state index in [-0.39, 0.29) is 0 Å². The fraction of sp³-hybridized carbons (Fsp3) is 0.0909. The molecule has 2 aromatic rings. The average Bonchev–Trinajstić information content (AvgIpc) is 2.81. The summed E-state index contributed by atoms with van der Waals surface area (Å²) < 4.78 is 0. The molecular weight excluding hydrogens is 202 g/mol. The van der Waals surface area contributed by atoms with Crippen LogP contribution in [0.5, 0.6) is 0 Å². The summed E-state index contributed by atoms with van der Waals surface area (Å²) in [7, 11) is 0. The Balaban J connectivity index is 2.12. The second-order valence-corrected chi connectivity index (χ2v) is 3.34. The summed E-state index contributed by atoms with van der Waals surface area (Å²) in [5, 5.41) is 11.9. The topological polar surface area (TPSA) is 90.5 Å². The van der Waals surface area contributed by atoms with E-state index >= 15 is 0 Å². The maximum absolute atomic E-state index is 8.77. The molecule has 0 aliphatic heterocycles. The molecule has 0 bridgehead atoms. The Kier molecular flexibility index (Phi) is 2.74. The van der Waals surface area contributed by atoms with Gasteiger partial charge in [-0.25, -0.2) is 4.98 Å². The summed E-state index contributed by atoms with van der Waals surface area (Å²) in [6.07, 6.45) is 3.35. The van der Waals surface area contributed by atoms with Crippen molar-refractivity contribution in [1.82, 2.24) is 9.97 Å². The van der Waals surface area contributed by atoms with Gasteiger partial charge in [-0.1, -0.05) is 0 Å². The van der Waals surface area contributed by atoms with E-state index in [9.17, 15) is 0 Å². The van der Waals surface area contributed by atoms with Crippen LogP contribution in [-0.2, 0) is 6.54 Å². The Bertz CT molecular complexity index is 510. The van der Waals surface area contributed by atoms with E-state index in [2.05, 4.69) is 21.4 Å². The molecule has 5 nitrogen and oxygen atoms in total. The van der Waals surface area contributed by atoms with E-state index in [1.54, 1.807) is 30.7 Å². The lowest BCUT2D eigenvalue weighted by atomic mass is 10.2. The SMILES string of the molecule is N#Cc1ccc(N)c(NCc2cnc[nH]2)c1. The van der Waals surface area contributed by atoms with Crippen LogP contribution in [0.4, 0.5) is 11.4 Å². The number of nitrogens with one attached hydrogen (secondary N) is 2.